The Morgan fingerprint density at radius 1 is 1.39 bits per heavy atom. The van der Waals surface area contributed by atoms with Gasteiger partial charge in [0.05, 0.1) is 18.1 Å². The Balaban J connectivity index is 2.22. The van der Waals surface area contributed by atoms with Crippen LogP contribution in [0.3, 0.4) is 0 Å². The van der Waals surface area contributed by atoms with Crippen molar-refractivity contribution in [1.82, 2.24) is 5.32 Å². The smallest absolute Gasteiger partial charge is 0.269 e. The summed E-state index contributed by atoms with van der Waals surface area (Å²) in [7, 11) is 0. The Kier molecular flexibility index (Phi) is 5.80. The molecule has 8 heteroatoms. The van der Waals surface area contributed by atoms with E-state index >= 15 is 0 Å². The molecule has 1 aromatic carbocycles. The van der Waals surface area contributed by atoms with E-state index in [0.29, 0.717) is 24.5 Å². The fourth-order valence-electron chi connectivity index (χ4n) is 2.11. The summed E-state index contributed by atoms with van der Waals surface area (Å²) in [5, 5.41) is 23.5. The highest BCUT2D eigenvalue weighted by molar-refractivity contribution is 5.85. The van der Waals surface area contributed by atoms with E-state index in [9.17, 15) is 20.0 Å². The van der Waals surface area contributed by atoms with Gasteiger partial charge in [0.2, 0.25) is 5.91 Å². The van der Waals surface area contributed by atoms with E-state index in [1.165, 1.54) is 37.3 Å². The molecule has 1 saturated heterocycles. The monoisotopic (exact) mass is 322 g/mol. The van der Waals surface area contributed by atoms with Crippen LogP contribution in [-0.2, 0) is 14.3 Å². The number of aliphatic hydroxyl groups excluding tert-OH is 1. The predicted molar refractivity (Wildman–Crippen MR) is 81.2 cm³/mol. The van der Waals surface area contributed by atoms with Crippen molar-refractivity contribution in [2.75, 3.05) is 13.2 Å². The number of hydrogen-bond acceptors (Lipinski definition) is 6. The summed E-state index contributed by atoms with van der Waals surface area (Å²) in [6, 6.07) is 5.64. The Hall–Kier alpha value is -2.29. The molecule has 1 aliphatic heterocycles. The van der Waals surface area contributed by atoms with Gasteiger partial charge in [-0.1, -0.05) is 0 Å². The molecule has 124 valence electrons. The van der Waals surface area contributed by atoms with Crippen LogP contribution in [0.2, 0.25) is 0 Å². The lowest BCUT2D eigenvalue weighted by Gasteiger charge is -2.26. The van der Waals surface area contributed by atoms with E-state index in [1.807, 2.05) is 0 Å². The van der Waals surface area contributed by atoms with E-state index in [-0.39, 0.29) is 11.6 Å². The lowest BCUT2D eigenvalue weighted by Crippen LogP contribution is -2.35. The SMILES string of the molecule is CC(=O)N/C(=C\[C@H](O)C1OCCCO1)c1ccc([N+](=O)[O-])cc1. The first-order valence-electron chi connectivity index (χ1n) is 7.13. The van der Waals surface area contributed by atoms with Crippen molar-refractivity contribution in [3.63, 3.8) is 0 Å². The minimum Gasteiger partial charge on any atom is -0.384 e. The number of benzene rings is 1. The Labute approximate surface area is 132 Å². The molecular weight excluding hydrogens is 304 g/mol. The molecule has 2 N–H and O–H groups in total. The number of carbonyl (C=O) groups is 1. The molecule has 1 aliphatic rings. The highest BCUT2D eigenvalue weighted by Crippen LogP contribution is 2.19. The molecule has 8 nitrogen and oxygen atoms in total. The van der Waals surface area contributed by atoms with Crippen LogP contribution in [0.15, 0.2) is 30.3 Å². The fraction of sp³-hybridized carbons (Fsp3) is 0.400. The van der Waals surface area contributed by atoms with Gasteiger partial charge in [0, 0.05) is 24.8 Å². The molecule has 0 saturated carbocycles. The van der Waals surface area contributed by atoms with Crippen LogP contribution in [0.4, 0.5) is 5.69 Å². The summed E-state index contributed by atoms with van der Waals surface area (Å²) < 4.78 is 10.6. The standard InChI is InChI=1S/C15H18N2O6/c1-10(18)16-13(9-14(19)15-22-7-2-8-23-15)11-3-5-12(6-4-11)17(20)21/h3-6,9,14-15,19H,2,7-8H2,1H3,(H,16,18)/b13-9-/t14-/m0/s1. The third-order valence-corrected chi connectivity index (χ3v) is 3.17. The average molecular weight is 322 g/mol. The van der Waals surface area contributed by atoms with Crippen molar-refractivity contribution in [2.45, 2.75) is 25.7 Å². The number of rotatable bonds is 5. The van der Waals surface area contributed by atoms with Crippen molar-refractivity contribution in [1.29, 1.82) is 0 Å². The predicted octanol–water partition coefficient (Wildman–Crippen LogP) is 1.20. The fourth-order valence-corrected chi connectivity index (χ4v) is 2.11. The summed E-state index contributed by atoms with van der Waals surface area (Å²) in [6.07, 6.45) is 0.282. The molecular formula is C15H18N2O6. The minimum absolute atomic E-state index is 0.0598. The van der Waals surface area contributed by atoms with Crippen molar-refractivity contribution in [3.8, 4) is 0 Å². The van der Waals surface area contributed by atoms with Gasteiger partial charge in [0.15, 0.2) is 6.29 Å². The number of nitro groups is 1. The molecule has 0 unspecified atom stereocenters. The topological polar surface area (TPSA) is 111 Å². The summed E-state index contributed by atoms with van der Waals surface area (Å²) >= 11 is 0. The Bertz CT molecular complexity index is 592. The van der Waals surface area contributed by atoms with Crippen molar-refractivity contribution < 1.29 is 24.3 Å². The lowest BCUT2D eigenvalue weighted by molar-refractivity contribution is -0.384. The van der Waals surface area contributed by atoms with Gasteiger partial charge in [0.25, 0.3) is 5.69 Å². The number of carbonyl (C=O) groups excluding carboxylic acids is 1. The molecule has 23 heavy (non-hydrogen) atoms. The highest BCUT2D eigenvalue weighted by atomic mass is 16.7. The van der Waals surface area contributed by atoms with E-state index < -0.39 is 17.3 Å². The zero-order valence-corrected chi connectivity index (χ0v) is 12.6. The maximum Gasteiger partial charge on any atom is 0.269 e. The maximum atomic E-state index is 11.4. The number of nitrogens with one attached hydrogen (secondary N) is 1. The quantitative estimate of drug-likeness (QED) is 0.622. The van der Waals surface area contributed by atoms with Gasteiger partial charge in [-0.05, 0) is 30.2 Å². The number of aliphatic hydroxyl groups is 1. The van der Waals surface area contributed by atoms with Gasteiger partial charge in [-0.15, -0.1) is 0 Å². The third kappa shape index (κ3) is 4.85. The van der Waals surface area contributed by atoms with Crippen molar-refractivity contribution >= 4 is 17.3 Å². The summed E-state index contributed by atoms with van der Waals surface area (Å²) in [4.78, 5) is 21.5. The maximum absolute atomic E-state index is 11.4. The molecule has 0 aromatic heterocycles. The second-order valence-electron chi connectivity index (χ2n) is 5.02. The minimum atomic E-state index is -1.08. The van der Waals surface area contributed by atoms with Crippen LogP contribution in [0, 0.1) is 10.1 Å². The molecule has 0 radical (unpaired) electrons. The van der Waals surface area contributed by atoms with Gasteiger partial charge >= 0.3 is 0 Å². The lowest BCUT2D eigenvalue weighted by atomic mass is 10.1. The van der Waals surface area contributed by atoms with Gasteiger partial charge in [-0.3, -0.25) is 14.9 Å². The number of hydrogen-bond donors (Lipinski definition) is 2. The largest absolute Gasteiger partial charge is 0.384 e. The number of nitro benzene ring substituents is 1. The molecule has 0 bridgehead atoms. The van der Waals surface area contributed by atoms with Crippen LogP contribution in [0.25, 0.3) is 5.70 Å². The molecule has 1 amide bonds. The first-order valence-corrected chi connectivity index (χ1v) is 7.13. The van der Waals surface area contributed by atoms with Crippen LogP contribution in [0.1, 0.15) is 18.9 Å². The average Bonchev–Trinajstić information content (AvgIpc) is 2.54. The van der Waals surface area contributed by atoms with Crippen LogP contribution in [-0.4, -0.2) is 41.5 Å². The van der Waals surface area contributed by atoms with E-state index in [1.54, 1.807) is 0 Å². The number of nitrogens with zero attached hydrogens (tertiary/aromatic N) is 1. The molecule has 0 aliphatic carbocycles. The number of ether oxygens (including phenoxy) is 2. The van der Waals surface area contributed by atoms with Crippen LogP contribution < -0.4 is 5.32 Å². The summed E-state index contributed by atoms with van der Waals surface area (Å²) in [6.45, 7) is 2.31. The van der Waals surface area contributed by atoms with Gasteiger partial charge in [-0.25, -0.2) is 0 Å². The number of amides is 1. The molecule has 2 rings (SSSR count). The second kappa shape index (κ2) is 7.82. The normalized spacial score (nSPS) is 17.6. The third-order valence-electron chi connectivity index (χ3n) is 3.17. The highest BCUT2D eigenvalue weighted by Gasteiger charge is 2.22. The van der Waals surface area contributed by atoms with Crippen LogP contribution in [0.5, 0.6) is 0 Å². The van der Waals surface area contributed by atoms with Crippen molar-refractivity contribution in [3.05, 3.63) is 46.0 Å². The summed E-state index contributed by atoms with van der Waals surface area (Å²) in [5.74, 6) is -0.327. The summed E-state index contributed by atoms with van der Waals surface area (Å²) in [5.41, 5.74) is 0.800. The zero-order valence-electron chi connectivity index (χ0n) is 12.6. The first kappa shape index (κ1) is 17.1. The molecule has 1 aromatic rings. The molecule has 0 spiro atoms. The first-order chi connectivity index (χ1) is 11.0. The van der Waals surface area contributed by atoms with Gasteiger partial charge in [0.1, 0.15) is 6.10 Å². The van der Waals surface area contributed by atoms with Crippen molar-refractivity contribution in [2.24, 2.45) is 0 Å². The molecule has 1 fully saturated rings. The van der Waals surface area contributed by atoms with Gasteiger partial charge in [-0.2, -0.15) is 0 Å². The second-order valence-corrected chi connectivity index (χ2v) is 5.02. The number of non-ortho nitro benzene ring substituents is 1. The van der Waals surface area contributed by atoms with E-state index in [4.69, 9.17) is 9.47 Å². The Morgan fingerprint density at radius 2 is 2.00 bits per heavy atom. The van der Waals surface area contributed by atoms with E-state index in [2.05, 4.69) is 5.32 Å². The molecule has 1 atom stereocenters. The Morgan fingerprint density at radius 3 is 2.52 bits per heavy atom. The zero-order chi connectivity index (χ0) is 16.8. The van der Waals surface area contributed by atoms with Crippen LogP contribution >= 0.6 is 0 Å². The van der Waals surface area contributed by atoms with Gasteiger partial charge < -0.3 is 19.9 Å². The molecule has 1 heterocycles. The van der Waals surface area contributed by atoms with E-state index in [0.717, 1.165) is 6.42 Å².